The van der Waals surface area contributed by atoms with E-state index in [1.165, 1.54) is 121 Å². The zero-order valence-corrected chi connectivity index (χ0v) is 44.7. The third-order valence-electron chi connectivity index (χ3n) is 17.1. The highest BCUT2D eigenvalue weighted by molar-refractivity contribution is 6.25. The van der Waals surface area contributed by atoms with Crippen molar-refractivity contribution in [1.29, 1.82) is 0 Å². The molecule has 17 aromatic rings. The van der Waals surface area contributed by atoms with Crippen molar-refractivity contribution in [2.24, 2.45) is 0 Å². The molecule has 0 aliphatic carbocycles. The predicted octanol–water partition coefficient (Wildman–Crippen LogP) is 20.7. The highest BCUT2D eigenvalue weighted by atomic mass is 15.1. The Bertz CT molecular complexity index is 5030. The molecule has 13 aromatic carbocycles. The molecule has 0 aliphatic heterocycles. The predicted molar refractivity (Wildman–Crippen MR) is 346 cm³/mol. The van der Waals surface area contributed by atoms with E-state index in [2.05, 4.69) is 322 Å². The maximum absolute atomic E-state index is 2.52. The summed E-state index contributed by atoms with van der Waals surface area (Å²) in [5.74, 6) is 0. The van der Waals surface area contributed by atoms with E-state index in [0.717, 1.165) is 33.8 Å². The molecule has 0 fully saturated rings. The van der Waals surface area contributed by atoms with Crippen LogP contribution in [0.1, 0.15) is 0 Å². The molecule has 82 heavy (non-hydrogen) atoms. The van der Waals surface area contributed by atoms with E-state index >= 15 is 0 Å². The quantitative estimate of drug-likeness (QED) is 0.145. The normalized spacial score (nSPS) is 11.9. The molecular formula is C78H50N4. The molecule has 0 amide bonds. The molecular weight excluding hydrogens is 993 g/mol. The van der Waals surface area contributed by atoms with Gasteiger partial charge >= 0.3 is 0 Å². The van der Waals surface area contributed by atoms with Gasteiger partial charge in [0.1, 0.15) is 0 Å². The Balaban J connectivity index is 0.882. The highest BCUT2D eigenvalue weighted by Crippen LogP contribution is 2.45. The molecule has 382 valence electrons. The van der Waals surface area contributed by atoms with Crippen molar-refractivity contribution in [3.8, 4) is 67.3 Å². The largest absolute Gasteiger partial charge is 0.307 e. The van der Waals surface area contributed by atoms with Crippen molar-refractivity contribution in [2.75, 3.05) is 0 Å². The van der Waals surface area contributed by atoms with E-state index in [1.54, 1.807) is 0 Å². The minimum atomic E-state index is 1.09. The van der Waals surface area contributed by atoms with Crippen LogP contribution in [0.4, 0.5) is 0 Å². The molecule has 4 heterocycles. The summed E-state index contributed by atoms with van der Waals surface area (Å²) in [6, 6.07) is 112. The molecule has 4 heteroatoms. The molecule has 0 atom stereocenters. The zero-order chi connectivity index (χ0) is 53.8. The maximum Gasteiger partial charge on any atom is 0.0788 e. The Kier molecular flexibility index (Phi) is 10.3. The number of aromatic nitrogens is 4. The summed E-state index contributed by atoms with van der Waals surface area (Å²) in [4.78, 5) is 0. The molecule has 0 bridgehead atoms. The molecule has 0 radical (unpaired) electrons. The molecule has 17 rings (SSSR count). The Hall–Kier alpha value is -10.9. The van der Waals surface area contributed by atoms with Gasteiger partial charge in [-0.05, 0) is 111 Å². The van der Waals surface area contributed by atoms with E-state index in [4.69, 9.17) is 0 Å². The number of nitrogens with zero attached hydrogens (tertiary/aromatic N) is 4. The number of hydrogen-bond donors (Lipinski definition) is 0. The van der Waals surface area contributed by atoms with Crippen LogP contribution in [0.2, 0.25) is 0 Å². The van der Waals surface area contributed by atoms with Crippen molar-refractivity contribution in [3.63, 3.8) is 0 Å². The van der Waals surface area contributed by atoms with Crippen molar-refractivity contribution in [3.05, 3.63) is 303 Å². The van der Waals surface area contributed by atoms with Gasteiger partial charge in [-0.15, -0.1) is 0 Å². The van der Waals surface area contributed by atoms with Crippen LogP contribution < -0.4 is 0 Å². The van der Waals surface area contributed by atoms with E-state index in [-0.39, 0.29) is 0 Å². The fourth-order valence-electron chi connectivity index (χ4n) is 13.5. The summed E-state index contributed by atoms with van der Waals surface area (Å²) in [7, 11) is 0. The maximum atomic E-state index is 2.52. The van der Waals surface area contributed by atoms with Crippen LogP contribution in [-0.4, -0.2) is 18.3 Å². The number of benzene rings is 13. The molecule has 0 N–H and O–H groups in total. The van der Waals surface area contributed by atoms with Gasteiger partial charge in [0, 0.05) is 65.8 Å². The van der Waals surface area contributed by atoms with E-state index < -0.39 is 0 Å². The molecule has 4 nitrogen and oxygen atoms in total. The first-order valence-corrected chi connectivity index (χ1v) is 28.2. The van der Waals surface area contributed by atoms with Crippen LogP contribution in [0.25, 0.3) is 154 Å². The lowest BCUT2D eigenvalue weighted by atomic mass is 10.00. The second kappa shape index (κ2) is 18.3. The van der Waals surface area contributed by atoms with E-state index in [0.29, 0.717) is 0 Å². The molecule has 0 saturated carbocycles. The van der Waals surface area contributed by atoms with Crippen LogP contribution in [0, 0.1) is 0 Å². The first-order valence-electron chi connectivity index (χ1n) is 28.2. The van der Waals surface area contributed by atoms with Gasteiger partial charge < -0.3 is 18.3 Å². The average molecular weight is 1040 g/mol. The third kappa shape index (κ3) is 7.05. The fraction of sp³-hybridized carbons (Fsp3) is 0. The second-order valence-electron chi connectivity index (χ2n) is 21.6. The van der Waals surface area contributed by atoms with Gasteiger partial charge in [0.2, 0.25) is 0 Å². The first-order chi connectivity index (χ1) is 40.7. The summed E-state index contributed by atoms with van der Waals surface area (Å²) in [6.07, 6.45) is 0. The van der Waals surface area contributed by atoms with Crippen molar-refractivity contribution in [1.82, 2.24) is 18.3 Å². The lowest BCUT2D eigenvalue weighted by Crippen LogP contribution is -2.02. The summed E-state index contributed by atoms with van der Waals surface area (Å²) < 4.78 is 10.1. The topological polar surface area (TPSA) is 19.7 Å². The molecule has 4 aromatic heterocycles. The minimum Gasteiger partial charge on any atom is -0.307 e. The van der Waals surface area contributed by atoms with Gasteiger partial charge in [0.25, 0.3) is 0 Å². The number of para-hydroxylation sites is 4. The van der Waals surface area contributed by atoms with Crippen molar-refractivity contribution in [2.45, 2.75) is 0 Å². The molecule has 0 aliphatic rings. The van der Waals surface area contributed by atoms with Gasteiger partial charge in [-0.3, -0.25) is 0 Å². The standard InChI is InChI=1S/C78H50N4/c1-3-18-51(19-4-1)53-36-40-55(41-37-53)57-22-15-24-59(48-57)79-71-32-11-7-28-63(71)67-44-46-69-65-30-9-13-34-73(65)81(77(69)75(67)79)61-26-17-27-62(50-61)82-74-35-14-10-31-66(74)70-47-45-68-64-29-8-12-33-72(64)80(76(68)78(70)82)60-25-16-23-58(49-60)56-42-38-54(39-43-56)52-20-5-2-6-21-52/h1-50H. The van der Waals surface area contributed by atoms with Crippen molar-refractivity contribution < 1.29 is 0 Å². The van der Waals surface area contributed by atoms with Crippen molar-refractivity contribution >= 4 is 87.2 Å². The lowest BCUT2D eigenvalue weighted by molar-refractivity contribution is 1.12. The van der Waals surface area contributed by atoms with Gasteiger partial charge in [-0.1, -0.05) is 237 Å². The SMILES string of the molecule is c1ccc(-c2ccc(-c3cccc(-n4c5ccccc5c5ccc6c7ccccc7n(-c7cccc(-n8c9ccccc9c9ccc%10c%11ccccc%11n(-c%11cccc(-c%12ccc(-c%13ccccc%13)cc%12)c%11)c%10c98)c7)c6c54)c3)cc2)cc1. The highest BCUT2D eigenvalue weighted by Gasteiger charge is 2.25. The van der Waals surface area contributed by atoms with Gasteiger partial charge in [0.05, 0.1) is 44.1 Å². The van der Waals surface area contributed by atoms with Gasteiger partial charge in [0.15, 0.2) is 0 Å². The Labute approximate surface area is 473 Å². The molecule has 0 unspecified atom stereocenters. The van der Waals surface area contributed by atoms with Crippen LogP contribution in [-0.2, 0) is 0 Å². The number of rotatable bonds is 8. The van der Waals surface area contributed by atoms with E-state index in [9.17, 15) is 0 Å². The van der Waals surface area contributed by atoms with E-state index in [1.807, 2.05) is 0 Å². The smallest absolute Gasteiger partial charge is 0.0788 e. The molecule has 0 saturated heterocycles. The summed E-state index contributed by atoms with van der Waals surface area (Å²) in [5, 5.41) is 9.72. The van der Waals surface area contributed by atoms with Crippen LogP contribution in [0.3, 0.4) is 0 Å². The lowest BCUT2D eigenvalue weighted by Gasteiger charge is -2.16. The first kappa shape index (κ1) is 46.0. The third-order valence-corrected chi connectivity index (χ3v) is 17.1. The average Bonchev–Trinajstić information content (AvgIpc) is 4.48. The number of hydrogen-bond acceptors (Lipinski definition) is 0. The Morgan fingerprint density at radius 3 is 0.695 bits per heavy atom. The Morgan fingerprint density at radius 2 is 0.378 bits per heavy atom. The minimum absolute atomic E-state index is 1.09. The summed E-state index contributed by atoms with van der Waals surface area (Å²) >= 11 is 0. The summed E-state index contributed by atoms with van der Waals surface area (Å²) in [6.45, 7) is 0. The number of fused-ring (bicyclic) bond motifs is 14. The Morgan fingerprint density at radius 1 is 0.146 bits per heavy atom. The van der Waals surface area contributed by atoms with Gasteiger partial charge in [-0.25, -0.2) is 0 Å². The summed E-state index contributed by atoms with van der Waals surface area (Å²) in [5.41, 5.74) is 23.3. The van der Waals surface area contributed by atoms with Gasteiger partial charge in [-0.2, -0.15) is 0 Å². The monoisotopic (exact) mass is 1040 g/mol. The second-order valence-corrected chi connectivity index (χ2v) is 21.6. The van der Waals surface area contributed by atoms with Crippen LogP contribution in [0.5, 0.6) is 0 Å². The zero-order valence-electron chi connectivity index (χ0n) is 44.7. The molecule has 0 spiro atoms. The van der Waals surface area contributed by atoms with Crippen LogP contribution >= 0.6 is 0 Å². The van der Waals surface area contributed by atoms with Crippen LogP contribution in [0.15, 0.2) is 303 Å². The fourth-order valence-corrected chi connectivity index (χ4v) is 13.5.